The fraction of sp³-hybridized carbons (Fsp3) is 0.318. The Bertz CT molecular complexity index is 1020. The van der Waals surface area contributed by atoms with Gasteiger partial charge in [-0.3, -0.25) is 4.79 Å². The van der Waals surface area contributed by atoms with Crippen LogP contribution in [0, 0.1) is 6.92 Å². The lowest BCUT2D eigenvalue weighted by Crippen LogP contribution is -2.16. The van der Waals surface area contributed by atoms with Crippen LogP contribution < -0.4 is 14.8 Å². The minimum atomic E-state index is -0.0705. The molecule has 0 radical (unpaired) electrons. The van der Waals surface area contributed by atoms with Gasteiger partial charge in [0.05, 0.1) is 12.9 Å². The zero-order chi connectivity index (χ0) is 21.5. The molecule has 0 atom stereocenters. The number of hydrogen-bond acceptors (Lipinski definition) is 6. The molecular weight excluding hydrogens is 400 g/mol. The molecule has 0 aliphatic rings. The Morgan fingerprint density at radius 1 is 1.13 bits per heavy atom. The molecule has 1 amide bonds. The van der Waals surface area contributed by atoms with Gasteiger partial charge in [0.1, 0.15) is 6.61 Å². The van der Waals surface area contributed by atoms with Gasteiger partial charge in [-0.1, -0.05) is 49.0 Å². The summed E-state index contributed by atoms with van der Waals surface area (Å²) in [5.41, 5.74) is 3.08. The molecule has 0 aliphatic carbocycles. The maximum Gasteiger partial charge on any atom is 0.234 e. The van der Waals surface area contributed by atoms with Crippen LogP contribution in [0.2, 0.25) is 0 Å². The molecule has 1 heterocycles. The molecule has 8 heteroatoms. The molecule has 0 spiro atoms. The lowest BCUT2D eigenvalue weighted by molar-refractivity contribution is -0.113. The molecule has 0 aliphatic heterocycles. The summed E-state index contributed by atoms with van der Waals surface area (Å²) in [5.74, 6) is 2.14. The summed E-state index contributed by atoms with van der Waals surface area (Å²) < 4.78 is 12.9. The van der Waals surface area contributed by atoms with Crippen molar-refractivity contribution in [3.8, 4) is 11.5 Å². The van der Waals surface area contributed by atoms with Crippen molar-refractivity contribution in [1.82, 2.24) is 14.8 Å². The Balaban J connectivity index is 1.58. The third-order valence-corrected chi connectivity index (χ3v) is 5.71. The van der Waals surface area contributed by atoms with E-state index in [2.05, 4.69) is 22.4 Å². The number of para-hydroxylation sites is 3. The van der Waals surface area contributed by atoms with E-state index >= 15 is 0 Å². The van der Waals surface area contributed by atoms with Gasteiger partial charge in [0.15, 0.2) is 22.5 Å². The first-order chi connectivity index (χ1) is 14.5. The van der Waals surface area contributed by atoms with Crippen LogP contribution in [0.3, 0.4) is 0 Å². The Labute approximate surface area is 180 Å². The van der Waals surface area contributed by atoms with Gasteiger partial charge < -0.3 is 19.4 Å². The fourth-order valence-corrected chi connectivity index (χ4v) is 3.71. The number of aromatic nitrogens is 3. The van der Waals surface area contributed by atoms with E-state index in [0.717, 1.165) is 23.2 Å². The smallest absolute Gasteiger partial charge is 0.234 e. The highest BCUT2D eigenvalue weighted by Gasteiger charge is 2.14. The number of aryl methyl sites for hydroxylation is 2. The molecule has 2 aromatic carbocycles. The Morgan fingerprint density at radius 3 is 2.63 bits per heavy atom. The van der Waals surface area contributed by atoms with E-state index in [0.29, 0.717) is 22.5 Å². The fourth-order valence-electron chi connectivity index (χ4n) is 2.98. The molecule has 0 saturated heterocycles. The van der Waals surface area contributed by atoms with E-state index in [-0.39, 0.29) is 18.3 Å². The van der Waals surface area contributed by atoms with Crippen molar-refractivity contribution in [3.63, 3.8) is 0 Å². The lowest BCUT2D eigenvalue weighted by Gasteiger charge is -2.12. The second-order valence-electron chi connectivity index (χ2n) is 6.70. The number of hydrogen-bond donors (Lipinski definition) is 1. The summed E-state index contributed by atoms with van der Waals surface area (Å²) in [6.45, 7) is 4.33. The number of nitrogens with zero attached hydrogens (tertiary/aromatic N) is 3. The van der Waals surface area contributed by atoms with Gasteiger partial charge in [0.25, 0.3) is 0 Å². The first-order valence-electron chi connectivity index (χ1n) is 9.68. The molecule has 0 bridgehead atoms. The van der Waals surface area contributed by atoms with Crippen molar-refractivity contribution >= 4 is 23.4 Å². The van der Waals surface area contributed by atoms with Gasteiger partial charge in [0, 0.05) is 12.7 Å². The number of benzene rings is 2. The normalized spacial score (nSPS) is 10.7. The van der Waals surface area contributed by atoms with Crippen LogP contribution in [-0.4, -0.2) is 33.5 Å². The standard InChI is InChI=1S/C22H26N4O3S/c1-5-16-10-8-9-15(2)21(16)23-20(27)14-30-22-25-24-19(26(22)3)13-29-18-12-7-6-11-17(18)28-4/h6-12H,5,13-14H2,1-4H3,(H,23,27). The SMILES string of the molecule is CCc1cccc(C)c1NC(=O)CSc1nnc(COc2ccccc2OC)n1C. The summed E-state index contributed by atoms with van der Waals surface area (Å²) in [5, 5.41) is 12.1. The summed E-state index contributed by atoms with van der Waals surface area (Å²) in [7, 11) is 3.46. The molecule has 1 N–H and O–H groups in total. The van der Waals surface area contributed by atoms with Crippen molar-refractivity contribution in [2.45, 2.75) is 32.0 Å². The maximum absolute atomic E-state index is 12.5. The molecule has 0 fully saturated rings. The summed E-state index contributed by atoms with van der Waals surface area (Å²) in [4.78, 5) is 12.5. The second-order valence-corrected chi connectivity index (χ2v) is 7.64. The average Bonchev–Trinajstić information content (AvgIpc) is 3.11. The second kappa shape index (κ2) is 10.2. The Kier molecular flexibility index (Phi) is 7.35. The van der Waals surface area contributed by atoms with Crippen molar-refractivity contribution in [3.05, 3.63) is 59.4 Å². The number of amides is 1. The van der Waals surface area contributed by atoms with Gasteiger partial charge in [-0.15, -0.1) is 10.2 Å². The third-order valence-electron chi connectivity index (χ3n) is 4.69. The van der Waals surface area contributed by atoms with Gasteiger partial charge in [-0.2, -0.15) is 0 Å². The molecule has 7 nitrogen and oxygen atoms in total. The van der Waals surface area contributed by atoms with Crippen LogP contribution in [0.25, 0.3) is 0 Å². The van der Waals surface area contributed by atoms with Gasteiger partial charge >= 0.3 is 0 Å². The van der Waals surface area contributed by atoms with E-state index < -0.39 is 0 Å². The van der Waals surface area contributed by atoms with E-state index in [1.165, 1.54) is 11.8 Å². The summed E-state index contributed by atoms with van der Waals surface area (Å²) in [6.07, 6.45) is 0.864. The predicted octanol–water partition coefficient (Wildman–Crippen LogP) is 4.00. The van der Waals surface area contributed by atoms with Crippen molar-refractivity contribution in [2.24, 2.45) is 7.05 Å². The number of ether oxygens (including phenoxy) is 2. The quantitative estimate of drug-likeness (QED) is 0.521. The lowest BCUT2D eigenvalue weighted by atomic mass is 10.1. The number of thioether (sulfide) groups is 1. The molecule has 0 saturated carbocycles. The average molecular weight is 427 g/mol. The number of methoxy groups -OCH3 is 1. The van der Waals surface area contributed by atoms with E-state index in [1.807, 2.05) is 61.0 Å². The van der Waals surface area contributed by atoms with Crippen LogP contribution in [0.1, 0.15) is 23.9 Å². The van der Waals surface area contributed by atoms with Crippen molar-refractivity contribution in [1.29, 1.82) is 0 Å². The topological polar surface area (TPSA) is 78.3 Å². The van der Waals surface area contributed by atoms with Crippen LogP contribution in [0.5, 0.6) is 11.5 Å². The van der Waals surface area contributed by atoms with Gasteiger partial charge in [0.2, 0.25) is 5.91 Å². The number of anilines is 1. The summed E-state index contributed by atoms with van der Waals surface area (Å²) >= 11 is 1.34. The number of rotatable bonds is 9. The number of carbonyl (C=O) groups excluding carboxylic acids is 1. The largest absolute Gasteiger partial charge is 0.493 e. The summed E-state index contributed by atoms with van der Waals surface area (Å²) in [6, 6.07) is 13.5. The monoisotopic (exact) mass is 426 g/mol. The Hall–Kier alpha value is -3.00. The number of nitrogens with one attached hydrogen (secondary N) is 1. The highest BCUT2D eigenvalue weighted by Crippen LogP contribution is 2.27. The van der Waals surface area contributed by atoms with Crippen molar-refractivity contribution < 1.29 is 14.3 Å². The molecule has 158 valence electrons. The van der Waals surface area contributed by atoms with Gasteiger partial charge in [-0.25, -0.2) is 0 Å². The van der Waals surface area contributed by atoms with Crippen LogP contribution in [-0.2, 0) is 24.9 Å². The molecule has 30 heavy (non-hydrogen) atoms. The van der Waals surface area contributed by atoms with Crippen LogP contribution >= 0.6 is 11.8 Å². The van der Waals surface area contributed by atoms with E-state index in [4.69, 9.17) is 9.47 Å². The number of carbonyl (C=O) groups is 1. The zero-order valence-electron chi connectivity index (χ0n) is 17.6. The van der Waals surface area contributed by atoms with Crippen LogP contribution in [0.15, 0.2) is 47.6 Å². The first kappa shape index (κ1) is 21.7. The molecule has 3 aromatic rings. The predicted molar refractivity (Wildman–Crippen MR) is 118 cm³/mol. The first-order valence-corrected chi connectivity index (χ1v) is 10.7. The minimum Gasteiger partial charge on any atom is -0.493 e. The maximum atomic E-state index is 12.5. The van der Waals surface area contributed by atoms with Crippen molar-refractivity contribution in [2.75, 3.05) is 18.2 Å². The minimum absolute atomic E-state index is 0.0705. The highest BCUT2D eigenvalue weighted by molar-refractivity contribution is 7.99. The highest BCUT2D eigenvalue weighted by atomic mass is 32.2. The molecule has 1 aromatic heterocycles. The van der Waals surface area contributed by atoms with E-state index in [9.17, 15) is 4.79 Å². The third kappa shape index (κ3) is 5.13. The molecule has 3 rings (SSSR count). The molecule has 0 unspecified atom stereocenters. The van der Waals surface area contributed by atoms with Crippen LogP contribution in [0.4, 0.5) is 5.69 Å². The Morgan fingerprint density at radius 2 is 1.90 bits per heavy atom. The van der Waals surface area contributed by atoms with E-state index in [1.54, 1.807) is 7.11 Å². The van der Waals surface area contributed by atoms with Gasteiger partial charge in [-0.05, 0) is 36.6 Å². The molecular formula is C22H26N4O3S. The zero-order valence-corrected chi connectivity index (χ0v) is 18.5.